The summed E-state index contributed by atoms with van der Waals surface area (Å²) in [5.74, 6) is -0.700. The molecule has 1 heterocycles. The second-order valence-corrected chi connectivity index (χ2v) is 2.10. The smallest absolute Gasteiger partial charge is 0.294 e. The van der Waals surface area contributed by atoms with Crippen LogP contribution in [0.1, 0.15) is 13.3 Å². The fourth-order valence-electron chi connectivity index (χ4n) is 0.851. The predicted molar refractivity (Wildman–Crippen MR) is 36.2 cm³/mol. The Bertz CT molecular complexity index is 196. The molecule has 0 aliphatic carbocycles. The number of hydrogen-bond donors (Lipinski definition) is 0. The molecule has 0 unspecified atom stereocenters. The van der Waals surface area contributed by atoms with Crippen LogP contribution in [0.15, 0.2) is 12.3 Å². The van der Waals surface area contributed by atoms with E-state index >= 15 is 0 Å². The van der Waals surface area contributed by atoms with Gasteiger partial charge in [-0.1, -0.05) is 6.08 Å². The molecule has 3 nitrogen and oxygen atoms in total. The van der Waals surface area contributed by atoms with E-state index in [0.717, 1.165) is 0 Å². The monoisotopic (exact) mass is 139 g/mol. The third kappa shape index (κ3) is 1.07. The molecule has 10 heavy (non-hydrogen) atoms. The van der Waals surface area contributed by atoms with Crippen molar-refractivity contribution in [2.45, 2.75) is 13.3 Å². The minimum absolute atomic E-state index is 0.259. The van der Waals surface area contributed by atoms with E-state index in [-0.39, 0.29) is 18.1 Å². The number of allylic oxidation sites excluding steroid dienone is 1. The molecular formula is C7H9NO2. The lowest BCUT2D eigenvalue weighted by Crippen LogP contribution is -2.34. The average Bonchev–Trinajstić information content (AvgIpc) is 1.95. The molecule has 0 aromatic heterocycles. The number of hydrogen-bond acceptors (Lipinski definition) is 2. The number of amides is 1. The van der Waals surface area contributed by atoms with Crippen molar-refractivity contribution in [3.05, 3.63) is 12.3 Å². The first-order chi connectivity index (χ1) is 4.75. The third-order valence-corrected chi connectivity index (χ3v) is 1.43. The Kier molecular flexibility index (Phi) is 1.85. The number of carbonyl (C=O) groups excluding carboxylic acids is 2. The van der Waals surface area contributed by atoms with E-state index in [4.69, 9.17) is 0 Å². The molecule has 0 saturated heterocycles. The van der Waals surface area contributed by atoms with Gasteiger partial charge in [0, 0.05) is 19.2 Å². The van der Waals surface area contributed by atoms with Crippen molar-refractivity contribution >= 4 is 11.7 Å². The molecule has 3 heteroatoms. The fraction of sp³-hybridized carbons (Fsp3) is 0.429. The fourth-order valence-corrected chi connectivity index (χ4v) is 0.851. The maximum Gasteiger partial charge on any atom is 0.294 e. The number of rotatable bonds is 1. The standard InChI is InChI=1S/C7H9NO2/c1-2-8-5-3-4-6(9)7(8)10/h3,5H,2,4H2,1H3. The van der Waals surface area contributed by atoms with Crippen molar-refractivity contribution in [3.8, 4) is 0 Å². The SMILES string of the molecule is CCN1C=CCC(=O)C1=O. The van der Waals surface area contributed by atoms with E-state index in [2.05, 4.69) is 0 Å². The Morgan fingerprint density at radius 3 is 2.80 bits per heavy atom. The normalized spacial score (nSPS) is 18.3. The lowest BCUT2D eigenvalue weighted by molar-refractivity contribution is -0.143. The van der Waals surface area contributed by atoms with Gasteiger partial charge in [0.1, 0.15) is 0 Å². The van der Waals surface area contributed by atoms with Gasteiger partial charge >= 0.3 is 0 Å². The van der Waals surface area contributed by atoms with Gasteiger partial charge in [-0.3, -0.25) is 9.59 Å². The summed E-state index contributed by atoms with van der Waals surface area (Å²) in [6, 6.07) is 0. The molecule has 0 spiro atoms. The second kappa shape index (κ2) is 2.64. The van der Waals surface area contributed by atoms with Gasteiger partial charge in [-0.15, -0.1) is 0 Å². The van der Waals surface area contributed by atoms with Crippen molar-refractivity contribution in [2.24, 2.45) is 0 Å². The molecule has 0 N–H and O–H groups in total. The molecule has 0 saturated carbocycles. The van der Waals surface area contributed by atoms with Crippen LogP contribution in [0.25, 0.3) is 0 Å². The molecule has 0 radical (unpaired) electrons. The zero-order valence-corrected chi connectivity index (χ0v) is 5.83. The summed E-state index contributed by atoms with van der Waals surface area (Å²) in [5, 5.41) is 0. The Labute approximate surface area is 59.3 Å². The van der Waals surface area contributed by atoms with Crippen molar-refractivity contribution in [2.75, 3.05) is 6.54 Å². The lowest BCUT2D eigenvalue weighted by atomic mass is 10.2. The quantitative estimate of drug-likeness (QED) is 0.491. The van der Waals surface area contributed by atoms with Gasteiger partial charge in [-0.25, -0.2) is 0 Å². The van der Waals surface area contributed by atoms with E-state index in [1.807, 2.05) is 6.92 Å². The maximum absolute atomic E-state index is 10.9. The molecule has 0 aromatic carbocycles. The van der Waals surface area contributed by atoms with Crippen LogP contribution in [0.3, 0.4) is 0 Å². The number of ketones is 1. The van der Waals surface area contributed by atoms with Crippen LogP contribution in [0, 0.1) is 0 Å². The topological polar surface area (TPSA) is 37.4 Å². The van der Waals surface area contributed by atoms with E-state index in [1.54, 1.807) is 12.3 Å². The van der Waals surface area contributed by atoms with Crippen LogP contribution in [-0.4, -0.2) is 23.1 Å². The first-order valence-corrected chi connectivity index (χ1v) is 3.26. The molecule has 0 fully saturated rings. The molecule has 1 aliphatic rings. The molecule has 0 atom stereocenters. The zero-order valence-electron chi connectivity index (χ0n) is 5.83. The molecular weight excluding hydrogens is 130 g/mol. The Morgan fingerprint density at radius 2 is 2.30 bits per heavy atom. The number of likely N-dealkylation sites (N-methyl/N-ethyl adjacent to an activating group) is 1. The number of carbonyl (C=O) groups is 2. The number of Topliss-reactive ketones (excluding diaryl/α,β-unsaturated/α-hetero) is 1. The summed E-state index contributed by atoms with van der Waals surface area (Å²) in [5.41, 5.74) is 0. The van der Waals surface area contributed by atoms with Gasteiger partial charge in [0.25, 0.3) is 5.91 Å². The highest BCUT2D eigenvalue weighted by molar-refractivity contribution is 6.37. The summed E-state index contributed by atoms with van der Waals surface area (Å²) >= 11 is 0. The van der Waals surface area contributed by atoms with Crippen molar-refractivity contribution < 1.29 is 9.59 Å². The first kappa shape index (κ1) is 6.99. The van der Waals surface area contributed by atoms with Gasteiger partial charge in [0.2, 0.25) is 5.78 Å². The second-order valence-electron chi connectivity index (χ2n) is 2.10. The van der Waals surface area contributed by atoms with Crippen molar-refractivity contribution in [3.63, 3.8) is 0 Å². The van der Waals surface area contributed by atoms with Gasteiger partial charge < -0.3 is 4.90 Å². The molecule has 1 amide bonds. The zero-order chi connectivity index (χ0) is 7.56. The van der Waals surface area contributed by atoms with Crippen LogP contribution in [0.4, 0.5) is 0 Å². The summed E-state index contributed by atoms with van der Waals surface area (Å²) in [6.07, 6.45) is 3.62. The predicted octanol–water partition coefficient (Wildman–Crippen LogP) is 0.321. The highest BCUT2D eigenvalue weighted by Gasteiger charge is 2.20. The highest BCUT2D eigenvalue weighted by atomic mass is 16.2. The lowest BCUT2D eigenvalue weighted by Gasteiger charge is -2.17. The van der Waals surface area contributed by atoms with Gasteiger partial charge in [-0.2, -0.15) is 0 Å². The maximum atomic E-state index is 10.9. The van der Waals surface area contributed by atoms with Crippen molar-refractivity contribution in [1.29, 1.82) is 0 Å². The van der Waals surface area contributed by atoms with E-state index in [0.29, 0.717) is 6.54 Å². The average molecular weight is 139 g/mol. The van der Waals surface area contributed by atoms with Crippen molar-refractivity contribution in [1.82, 2.24) is 4.90 Å². The molecule has 0 aromatic rings. The van der Waals surface area contributed by atoms with Crippen LogP contribution >= 0.6 is 0 Å². The Hall–Kier alpha value is -1.12. The largest absolute Gasteiger partial charge is 0.313 e. The van der Waals surface area contributed by atoms with Gasteiger partial charge in [0.05, 0.1) is 0 Å². The summed E-state index contributed by atoms with van der Waals surface area (Å²) in [4.78, 5) is 23.0. The minimum atomic E-state index is -0.384. The number of nitrogens with zero attached hydrogens (tertiary/aromatic N) is 1. The third-order valence-electron chi connectivity index (χ3n) is 1.43. The molecule has 1 aliphatic heterocycles. The van der Waals surface area contributed by atoms with Gasteiger partial charge in [0.15, 0.2) is 0 Å². The molecule has 0 bridgehead atoms. The van der Waals surface area contributed by atoms with Crippen LogP contribution in [0.2, 0.25) is 0 Å². The summed E-state index contributed by atoms with van der Waals surface area (Å²) in [6.45, 7) is 2.40. The van der Waals surface area contributed by atoms with Crippen LogP contribution in [0.5, 0.6) is 0 Å². The molecule has 54 valence electrons. The Morgan fingerprint density at radius 1 is 1.60 bits per heavy atom. The summed E-state index contributed by atoms with van der Waals surface area (Å²) in [7, 11) is 0. The Balaban J connectivity index is 2.76. The van der Waals surface area contributed by atoms with Crippen LogP contribution in [-0.2, 0) is 9.59 Å². The first-order valence-electron chi connectivity index (χ1n) is 3.26. The van der Waals surface area contributed by atoms with E-state index in [9.17, 15) is 9.59 Å². The highest BCUT2D eigenvalue weighted by Crippen LogP contribution is 2.02. The van der Waals surface area contributed by atoms with Crippen LogP contribution < -0.4 is 0 Å². The van der Waals surface area contributed by atoms with Gasteiger partial charge in [-0.05, 0) is 6.92 Å². The summed E-state index contributed by atoms with van der Waals surface area (Å²) < 4.78 is 0. The van der Waals surface area contributed by atoms with E-state index in [1.165, 1.54) is 4.90 Å². The minimum Gasteiger partial charge on any atom is -0.313 e. The van der Waals surface area contributed by atoms with E-state index < -0.39 is 0 Å². The molecule has 1 rings (SSSR count).